The number of ether oxygens (including phenoxy) is 1. The Morgan fingerprint density at radius 2 is 1.52 bits per heavy atom. The number of aromatic nitrogens is 1. The summed E-state index contributed by atoms with van der Waals surface area (Å²) in [6.07, 6.45) is 2.79. The molecule has 0 aliphatic carbocycles. The molecular weight excluding hydrogens is 366 g/mol. The van der Waals surface area contributed by atoms with Gasteiger partial charge in [-0.25, -0.2) is 0 Å². The molecule has 1 aromatic heterocycles. The van der Waals surface area contributed by atoms with Crippen LogP contribution in [-0.4, -0.2) is 23.9 Å². The van der Waals surface area contributed by atoms with Gasteiger partial charge in [-0.15, -0.1) is 0 Å². The highest BCUT2D eigenvalue weighted by Gasteiger charge is 2.12. The minimum absolute atomic E-state index is 0.265. The van der Waals surface area contributed by atoms with Crippen molar-refractivity contribution in [2.24, 2.45) is 0 Å². The van der Waals surface area contributed by atoms with Gasteiger partial charge in [0, 0.05) is 34.9 Å². The predicted octanol–water partition coefficient (Wildman–Crippen LogP) is 4.25. The van der Waals surface area contributed by atoms with E-state index in [-0.39, 0.29) is 22.9 Å². The maximum Gasteiger partial charge on any atom is 0.257 e. The lowest BCUT2D eigenvalue weighted by Gasteiger charge is -2.08. The summed E-state index contributed by atoms with van der Waals surface area (Å²) >= 11 is 5.83. The number of anilines is 2. The summed E-state index contributed by atoms with van der Waals surface area (Å²) in [5, 5.41) is 6.06. The van der Waals surface area contributed by atoms with Gasteiger partial charge >= 0.3 is 0 Å². The Balaban J connectivity index is 1.73. The number of halogens is 1. The standard InChI is InChI=1S/C20H16ClN3O3/c1-27-18-4-2-3-17(10-18)24-20(26)14-9-13(11-22-12-14)19(25)23-16-7-5-15(21)6-8-16/h2-12H,1H3,(H,23,25)(H,24,26). The summed E-state index contributed by atoms with van der Waals surface area (Å²) in [5.74, 6) is -0.125. The molecule has 1 heterocycles. The summed E-state index contributed by atoms with van der Waals surface area (Å²) < 4.78 is 5.13. The van der Waals surface area contributed by atoms with Crippen molar-refractivity contribution in [1.29, 1.82) is 0 Å². The van der Waals surface area contributed by atoms with Crippen LogP contribution >= 0.6 is 11.6 Å². The minimum Gasteiger partial charge on any atom is -0.497 e. The fraction of sp³-hybridized carbons (Fsp3) is 0.0500. The Hall–Kier alpha value is -3.38. The third-order valence-electron chi connectivity index (χ3n) is 3.69. The van der Waals surface area contributed by atoms with Gasteiger partial charge in [-0.3, -0.25) is 14.6 Å². The largest absolute Gasteiger partial charge is 0.497 e. The maximum atomic E-state index is 12.4. The Morgan fingerprint density at radius 3 is 2.15 bits per heavy atom. The van der Waals surface area contributed by atoms with Crippen LogP contribution in [0.1, 0.15) is 20.7 Å². The monoisotopic (exact) mass is 381 g/mol. The lowest BCUT2D eigenvalue weighted by Crippen LogP contribution is -2.16. The zero-order chi connectivity index (χ0) is 19.2. The van der Waals surface area contributed by atoms with E-state index in [0.717, 1.165) is 0 Å². The van der Waals surface area contributed by atoms with E-state index < -0.39 is 0 Å². The van der Waals surface area contributed by atoms with Crippen molar-refractivity contribution in [2.75, 3.05) is 17.7 Å². The quantitative estimate of drug-likeness (QED) is 0.692. The Labute approximate surface area is 161 Å². The third-order valence-corrected chi connectivity index (χ3v) is 3.94. The van der Waals surface area contributed by atoms with Gasteiger partial charge in [-0.2, -0.15) is 0 Å². The number of hydrogen-bond acceptors (Lipinski definition) is 4. The number of nitrogens with one attached hydrogen (secondary N) is 2. The zero-order valence-electron chi connectivity index (χ0n) is 14.4. The smallest absolute Gasteiger partial charge is 0.257 e. The summed E-state index contributed by atoms with van der Waals surface area (Å²) in [7, 11) is 1.55. The van der Waals surface area contributed by atoms with Crippen LogP contribution in [0.3, 0.4) is 0 Å². The van der Waals surface area contributed by atoms with Gasteiger partial charge in [0.15, 0.2) is 0 Å². The van der Waals surface area contributed by atoms with Gasteiger partial charge in [0.2, 0.25) is 0 Å². The molecule has 0 aliphatic heterocycles. The highest BCUT2D eigenvalue weighted by Crippen LogP contribution is 2.18. The van der Waals surface area contributed by atoms with E-state index in [2.05, 4.69) is 15.6 Å². The molecule has 0 fully saturated rings. The molecule has 2 N–H and O–H groups in total. The molecule has 2 amide bonds. The van der Waals surface area contributed by atoms with Crippen molar-refractivity contribution in [2.45, 2.75) is 0 Å². The minimum atomic E-state index is -0.378. The highest BCUT2D eigenvalue weighted by molar-refractivity contribution is 6.30. The molecule has 7 heteroatoms. The normalized spacial score (nSPS) is 10.1. The van der Waals surface area contributed by atoms with Gasteiger partial charge in [-0.1, -0.05) is 17.7 Å². The average Bonchev–Trinajstić information content (AvgIpc) is 2.70. The fourth-order valence-electron chi connectivity index (χ4n) is 2.33. The number of methoxy groups -OCH3 is 1. The summed E-state index contributed by atoms with van der Waals surface area (Å²) in [4.78, 5) is 28.8. The van der Waals surface area contributed by atoms with Crippen molar-refractivity contribution in [1.82, 2.24) is 4.98 Å². The first-order chi connectivity index (χ1) is 13.0. The van der Waals surface area contributed by atoms with Crippen LogP contribution in [0.5, 0.6) is 5.75 Å². The Kier molecular flexibility index (Phi) is 5.68. The highest BCUT2D eigenvalue weighted by atomic mass is 35.5. The average molecular weight is 382 g/mol. The van der Waals surface area contributed by atoms with Crippen molar-refractivity contribution in [3.05, 3.63) is 83.1 Å². The number of nitrogens with zero attached hydrogens (tertiary/aromatic N) is 1. The maximum absolute atomic E-state index is 12.4. The Bertz CT molecular complexity index is 974. The molecule has 27 heavy (non-hydrogen) atoms. The van der Waals surface area contributed by atoms with Crippen LogP contribution < -0.4 is 15.4 Å². The van der Waals surface area contributed by atoms with E-state index in [1.807, 2.05) is 0 Å². The second-order valence-electron chi connectivity index (χ2n) is 5.61. The molecule has 0 atom stereocenters. The number of hydrogen-bond donors (Lipinski definition) is 2. The Morgan fingerprint density at radius 1 is 0.889 bits per heavy atom. The molecule has 0 unspecified atom stereocenters. The molecule has 136 valence electrons. The van der Waals surface area contributed by atoms with Gasteiger partial charge in [0.05, 0.1) is 18.2 Å². The van der Waals surface area contributed by atoms with Crippen molar-refractivity contribution >= 4 is 34.8 Å². The van der Waals surface area contributed by atoms with Crippen molar-refractivity contribution < 1.29 is 14.3 Å². The molecule has 0 saturated heterocycles. The molecule has 3 rings (SSSR count). The van der Waals surface area contributed by atoms with E-state index in [1.165, 1.54) is 18.5 Å². The second-order valence-corrected chi connectivity index (χ2v) is 6.05. The number of pyridine rings is 1. The summed E-state index contributed by atoms with van der Waals surface area (Å²) in [5.41, 5.74) is 1.70. The molecule has 0 radical (unpaired) electrons. The molecule has 0 aliphatic rings. The molecule has 0 bridgehead atoms. The zero-order valence-corrected chi connectivity index (χ0v) is 15.2. The van der Waals surface area contributed by atoms with Crippen LogP contribution in [-0.2, 0) is 0 Å². The van der Waals surface area contributed by atoms with Crippen LogP contribution in [0.25, 0.3) is 0 Å². The molecule has 0 spiro atoms. The van der Waals surface area contributed by atoms with Gasteiger partial charge in [-0.05, 0) is 42.5 Å². The fourth-order valence-corrected chi connectivity index (χ4v) is 2.45. The molecular formula is C20H16ClN3O3. The van der Waals surface area contributed by atoms with Crippen LogP contribution in [0.15, 0.2) is 67.0 Å². The summed E-state index contributed by atoms with van der Waals surface area (Å²) in [6.45, 7) is 0. The topological polar surface area (TPSA) is 80.3 Å². The molecule has 3 aromatic rings. The third kappa shape index (κ3) is 4.83. The first-order valence-corrected chi connectivity index (χ1v) is 8.40. The van der Waals surface area contributed by atoms with Crippen molar-refractivity contribution in [3.63, 3.8) is 0 Å². The number of carbonyl (C=O) groups is 2. The number of carbonyl (C=O) groups excluding carboxylic acids is 2. The van der Waals surface area contributed by atoms with E-state index in [4.69, 9.17) is 16.3 Å². The van der Waals surface area contributed by atoms with E-state index in [9.17, 15) is 9.59 Å². The molecule has 0 saturated carbocycles. The van der Waals surface area contributed by atoms with Gasteiger partial charge < -0.3 is 15.4 Å². The number of rotatable bonds is 5. The lowest BCUT2D eigenvalue weighted by molar-refractivity contribution is 0.102. The predicted molar refractivity (Wildman–Crippen MR) is 105 cm³/mol. The van der Waals surface area contributed by atoms with Gasteiger partial charge in [0.1, 0.15) is 5.75 Å². The summed E-state index contributed by atoms with van der Waals surface area (Å²) in [6, 6.07) is 15.2. The number of benzene rings is 2. The molecule has 6 nitrogen and oxygen atoms in total. The first-order valence-electron chi connectivity index (χ1n) is 8.02. The van der Waals surface area contributed by atoms with E-state index in [0.29, 0.717) is 22.1 Å². The van der Waals surface area contributed by atoms with Crippen LogP contribution in [0.4, 0.5) is 11.4 Å². The number of amides is 2. The second kappa shape index (κ2) is 8.33. The van der Waals surface area contributed by atoms with E-state index >= 15 is 0 Å². The van der Waals surface area contributed by atoms with E-state index in [1.54, 1.807) is 55.6 Å². The van der Waals surface area contributed by atoms with Crippen molar-refractivity contribution in [3.8, 4) is 5.75 Å². The van der Waals surface area contributed by atoms with Gasteiger partial charge in [0.25, 0.3) is 11.8 Å². The van der Waals surface area contributed by atoms with Crippen LogP contribution in [0, 0.1) is 0 Å². The van der Waals surface area contributed by atoms with Crippen LogP contribution in [0.2, 0.25) is 5.02 Å². The first kappa shape index (κ1) is 18.4. The molecule has 2 aromatic carbocycles. The SMILES string of the molecule is COc1cccc(NC(=O)c2cncc(C(=O)Nc3ccc(Cl)cc3)c2)c1. The lowest BCUT2D eigenvalue weighted by atomic mass is 10.1.